The fourth-order valence-electron chi connectivity index (χ4n) is 4.77. The molecule has 2 bridgehead atoms. The number of nitrogens with one attached hydrogen (secondary N) is 1. The van der Waals surface area contributed by atoms with Crippen LogP contribution < -0.4 is 5.32 Å². The SMILES string of the molecule is CO[C@H]1C[C@H]2CC[C@@H](C1)N2C(=O)c1ccc(Nc2nc(-c3sc(C(C)O)nc3C)cs2)nc1. The van der Waals surface area contributed by atoms with Gasteiger partial charge in [-0.15, -0.1) is 22.7 Å². The molecule has 2 saturated heterocycles. The molecule has 0 aromatic carbocycles. The highest BCUT2D eigenvalue weighted by atomic mass is 32.1. The highest BCUT2D eigenvalue weighted by molar-refractivity contribution is 7.17. The van der Waals surface area contributed by atoms with Crippen LogP contribution in [0.2, 0.25) is 0 Å². The minimum Gasteiger partial charge on any atom is -0.386 e. The van der Waals surface area contributed by atoms with E-state index in [9.17, 15) is 9.90 Å². The maximum Gasteiger partial charge on any atom is 0.255 e. The van der Waals surface area contributed by atoms with Gasteiger partial charge >= 0.3 is 0 Å². The van der Waals surface area contributed by atoms with Crippen LogP contribution in [-0.4, -0.2) is 56.2 Å². The third kappa shape index (κ3) is 4.40. The van der Waals surface area contributed by atoms with E-state index >= 15 is 0 Å². The van der Waals surface area contributed by atoms with Crippen molar-refractivity contribution >= 4 is 39.5 Å². The van der Waals surface area contributed by atoms with Gasteiger partial charge in [-0.05, 0) is 51.7 Å². The molecule has 2 aliphatic rings. The van der Waals surface area contributed by atoms with Gasteiger partial charge in [0.1, 0.15) is 16.9 Å². The van der Waals surface area contributed by atoms with Crippen molar-refractivity contribution in [1.29, 1.82) is 0 Å². The van der Waals surface area contributed by atoms with Crippen molar-refractivity contribution in [2.24, 2.45) is 0 Å². The zero-order valence-corrected chi connectivity index (χ0v) is 20.4. The number of methoxy groups -OCH3 is 1. The number of aliphatic hydroxyl groups excluding tert-OH is 1. The smallest absolute Gasteiger partial charge is 0.255 e. The average molecular weight is 486 g/mol. The first-order valence-electron chi connectivity index (χ1n) is 11.1. The lowest BCUT2D eigenvalue weighted by Gasteiger charge is -2.38. The average Bonchev–Trinajstić information content (AvgIpc) is 3.49. The Hall–Kier alpha value is -2.40. The van der Waals surface area contributed by atoms with E-state index < -0.39 is 6.10 Å². The monoisotopic (exact) mass is 485 g/mol. The summed E-state index contributed by atoms with van der Waals surface area (Å²) >= 11 is 2.93. The molecule has 33 heavy (non-hydrogen) atoms. The van der Waals surface area contributed by atoms with Gasteiger partial charge in [0.2, 0.25) is 0 Å². The molecule has 4 atom stereocenters. The standard InChI is InChI=1S/C23H27N5O3S2/c1-12-20(33-21(25-12)13(2)29)18-11-32-23(26-18)27-19-7-4-14(10-24-19)22(30)28-15-5-6-16(28)9-17(8-15)31-3/h4,7,10-11,13,15-17,29H,5-6,8-9H2,1-3H3,(H,24,26,27)/t13?,15-,16+,17+. The summed E-state index contributed by atoms with van der Waals surface area (Å²) in [5, 5.41) is 16.4. The molecule has 0 radical (unpaired) electrons. The molecule has 0 aliphatic carbocycles. The molecule has 5 heterocycles. The number of piperidine rings is 1. The zero-order valence-electron chi connectivity index (χ0n) is 18.8. The van der Waals surface area contributed by atoms with E-state index in [4.69, 9.17) is 4.74 Å². The summed E-state index contributed by atoms with van der Waals surface area (Å²) < 4.78 is 5.55. The van der Waals surface area contributed by atoms with Crippen LogP contribution >= 0.6 is 22.7 Å². The number of rotatable bonds is 6. The van der Waals surface area contributed by atoms with Crippen LogP contribution in [0, 0.1) is 6.92 Å². The Kier molecular flexibility index (Phi) is 6.17. The van der Waals surface area contributed by atoms with Crippen LogP contribution in [0.15, 0.2) is 23.7 Å². The second-order valence-electron chi connectivity index (χ2n) is 8.66. The van der Waals surface area contributed by atoms with Gasteiger partial charge in [0.05, 0.1) is 27.9 Å². The second-order valence-corrected chi connectivity index (χ2v) is 10.6. The summed E-state index contributed by atoms with van der Waals surface area (Å²) in [6, 6.07) is 4.17. The number of aryl methyl sites for hydroxylation is 1. The van der Waals surface area contributed by atoms with E-state index in [0.29, 0.717) is 21.5 Å². The van der Waals surface area contributed by atoms with Crippen LogP contribution in [0.25, 0.3) is 10.6 Å². The van der Waals surface area contributed by atoms with Crippen LogP contribution in [0.3, 0.4) is 0 Å². The fraction of sp³-hybridized carbons (Fsp3) is 0.478. The van der Waals surface area contributed by atoms with Crippen molar-refractivity contribution in [1.82, 2.24) is 19.9 Å². The minimum absolute atomic E-state index is 0.0576. The molecule has 10 heteroatoms. The van der Waals surface area contributed by atoms with Gasteiger partial charge < -0.3 is 20.1 Å². The van der Waals surface area contributed by atoms with Gasteiger partial charge in [-0.2, -0.15) is 0 Å². The van der Waals surface area contributed by atoms with Crippen molar-refractivity contribution < 1.29 is 14.6 Å². The molecule has 2 N–H and O–H groups in total. The number of thiazole rings is 2. The maximum absolute atomic E-state index is 13.2. The number of aliphatic hydroxyl groups is 1. The van der Waals surface area contributed by atoms with Crippen molar-refractivity contribution in [3.8, 4) is 10.6 Å². The summed E-state index contributed by atoms with van der Waals surface area (Å²) in [5.41, 5.74) is 2.29. The van der Waals surface area contributed by atoms with Crippen LogP contribution in [-0.2, 0) is 4.74 Å². The molecule has 2 fully saturated rings. The summed E-state index contributed by atoms with van der Waals surface area (Å²) in [4.78, 5) is 29.7. The first-order valence-corrected chi connectivity index (χ1v) is 12.8. The molecule has 0 saturated carbocycles. The third-order valence-corrected chi connectivity index (χ3v) is 8.52. The number of hydrogen-bond donors (Lipinski definition) is 2. The van der Waals surface area contributed by atoms with Crippen molar-refractivity contribution in [3.63, 3.8) is 0 Å². The predicted octanol–water partition coefficient (Wildman–Crippen LogP) is 4.55. The lowest BCUT2D eigenvalue weighted by Crippen LogP contribution is -2.48. The van der Waals surface area contributed by atoms with E-state index in [0.717, 1.165) is 41.9 Å². The highest BCUT2D eigenvalue weighted by Crippen LogP contribution is 2.38. The van der Waals surface area contributed by atoms with Crippen LogP contribution in [0.5, 0.6) is 0 Å². The molecule has 3 aromatic rings. The van der Waals surface area contributed by atoms with Gasteiger partial charge in [-0.1, -0.05) is 0 Å². The number of aromatic nitrogens is 3. The number of anilines is 2. The Morgan fingerprint density at radius 3 is 2.64 bits per heavy atom. The van der Waals surface area contributed by atoms with Crippen molar-refractivity contribution in [2.75, 3.05) is 12.4 Å². The number of hydrogen-bond acceptors (Lipinski definition) is 9. The first-order chi connectivity index (χ1) is 15.9. The van der Waals surface area contributed by atoms with Gasteiger partial charge in [0.25, 0.3) is 5.91 Å². The third-order valence-electron chi connectivity index (χ3n) is 6.41. The molecule has 8 nitrogen and oxygen atoms in total. The van der Waals surface area contributed by atoms with E-state index in [1.165, 1.54) is 22.7 Å². The molecule has 1 unspecified atom stereocenters. The Morgan fingerprint density at radius 2 is 2.03 bits per heavy atom. The topological polar surface area (TPSA) is 100 Å². The Bertz CT molecular complexity index is 1130. The lowest BCUT2D eigenvalue weighted by atomic mass is 9.99. The Labute approximate surface area is 200 Å². The number of carbonyl (C=O) groups excluding carboxylic acids is 1. The summed E-state index contributed by atoms with van der Waals surface area (Å²) in [6.45, 7) is 3.63. The minimum atomic E-state index is -0.592. The number of ether oxygens (including phenoxy) is 1. The number of amides is 1. The quantitative estimate of drug-likeness (QED) is 0.528. The molecule has 2 aliphatic heterocycles. The molecular weight excluding hydrogens is 458 g/mol. The van der Waals surface area contributed by atoms with E-state index in [2.05, 4.69) is 20.3 Å². The maximum atomic E-state index is 13.2. The van der Waals surface area contributed by atoms with Gasteiger partial charge in [-0.3, -0.25) is 4.79 Å². The fourth-order valence-corrected chi connectivity index (χ4v) is 6.52. The van der Waals surface area contributed by atoms with Crippen molar-refractivity contribution in [3.05, 3.63) is 40.0 Å². The highest BCUT2D eigenvalue weighted by Gasteiger charge is 2.43. The number of carbonyl (C=O) groups is 1. The largest absolute Gasteiger partial charge is 0.386 e. The lowest BCUT2D eigenvalue weighted by molar-refractivity contribution is 0.00820. The van der Waals surface area contributed by atoms with Crippen LogP contribution in [0.4, 0.5) is 10.9 Å². The predicted molar refractivity (Wildman–Crippen MR) is 129 cm³/mol. The Morgan fingerprint density at radius 1 is 1.27 bits per heavy atom. The first kappa shape index (κ1) is 22.4. The number of fused-ring (bicyclic) bond motifs is 2. The molecule has 174 valence electrons. The zero-order chi connectivity index (χ0) is 23.1. The normalized spacial score (nSPS) is 23.0. The van der Waals surface area contributed by atoms with Crippen molar-refractivity contribution in [2.45, 2.75) is 63.8 Å². The number of pyridine rings is 1. The molecule has 5 rings (SSSR count). The molecule has 3 aromatic heterocycles. The van der Waals surface area contributed by atoms with Gasteiger partial charge in [0.15, 0.2) is 5.13 Å². The summed E-state index contributed by atoms with van der Waals surface area (Å²) in [5.74, 6) is 0.696. The molecule has 0 spiro atoms. The van der Waals surface area contributed by atoms with Gasteiger partial charge in [-0.25, -0.2) is 15.0 Å². The molecular formula is C23H27N5O3S2. The van der Waals surface area contributed by atoms with E-state index in [1.807, 2.05) is 29.3 Å². The summed E-state index contributed by atoms with van der Waals surface area (Å²) in [6.07, 6.45) is 5.23. The molecule has 1 amide bonds. The van der Waals surface area contributed by atoms with Crippen LogP contribution in [0.1, 0.15) is 59.8 Å². The second kappa shape index (κ2) is 9.09. The Balaban J connectivity index is 1.26. The van der Waals surface area contributed by atoms with Gasteiger partial charge in [0, 0.05) is 30.8 Å². The van der Waals surface area contributed by atoms with E-state index in [1.54, 1.807) is 20.2 Å². The van der Waals surface area contributed by atoms with E-state index in [-0.39, 0.29) is 24.1 Å². The number of nitrogens with zero attached hydrogens (tertiary/aromatic N) is 4. The summed E-state index contributed by atoms with van der Waals surface area (Å²) in [7, 11) is 1.76.